The van der Waals surface area contributed by atoms with Gasteiger partial charge in [0.1, 0.15) is 17.2 Å². The Labute approximate surface area is 151 Å². The second-order valence-corrected chi connectivity index (χ2v) is 6.35. The molecule has 0 heterocycles. The molecule has 5 N–H and O–H groups in total. The molecule has 9 nitrogen and oxygen atoms in total. The number of hydrogen-bond acceptors (Lipinski definition) is 6. The van der Waals surface area contributed by atoms with Crippen LogP contribution >= 0.6 is 0 Å². The molecular weight excluding hydrogens is 340 g/mol. The predicted molar refractivity (Wildman–Crippen MR) is 95.0 cm³/mol. The van der Waals surface area contributed by atoms with Crippen LogP contribution in [0.3, 0.4) is 0 Å². The number of primary amides is 1. The van der Waals surface area contributed by atoms with Gasteiger partial charge in [-0.1, -0.05) is 0 Å². The topological polar surface area (TPSA) is 144 Å². The third-order valence-electron chi connectivity index (χ3n) is 2.87. The Hall–Kier alpha value is -3.10. The van der Waals surface area contributed by atoms with E-state index in [4.69, 9.17) is 20.6 Å². The van der Waals surface area contributed by atoms with Crippen LogP contribution in [-0.4, -0.2) is 42.5 Å². The van der Waals surface area contributed by atoms with Crippen LogP contribution in [0.1, 0.15) is 32.8 Å². The van der Waals surface area contributed by atoms with Gasteiger partial charge in [0, 0.05) is 12.1 Å². The quantitative estimate of drug-likeness (QED) is 0.257. The minimum Gasteiger partial charge on any atom is -0.494 e. The largest absolute Gasteiger partial charge is 0.494 e. The maximum atomic E-state index is 11.6. The van der Waals surface area contributed by atoms with Crippen LogP contribution in [-0.2, 0) is 14.3 Å². The van der Waals surface area contributed by atoms with Crippen LogP contribution in [0, 0.1) is 5.41 Å². The highest BCUT2D eigenvalue weighted by molar-refractivity contribution is 6.34. The standard InChI is InChI=1S/C17H24N4O5/c1-17(2,3)26-16(24)21-13(18)11-5-7-12(8-6-11)25-10-4-9-20-15(23)14(19)22/h5-8H,4,9-10H2,1-3H3,(H2,19,22)(H,20,23)(H2,18,21,24). The minimum absolute atomic E-state index is 0.0834. The van der Waals surface area contributed by atoms with E-state index >= 15 is 0 Å². The summed E-state index contributed by atoms with van der Waals surface area (Å²) in [6.45, 7) is 5.81. The molecule has 1 aromatic carbocycles. The number of benzene rings is 1. The smallest absolute Gasteiger partial charge is 0.413 e. The summed E-state index contributed by atoms with van der Waals surface area (Å²) in [4.78, 5) is 33.1. The van der Waals surface area contributed by atoms with E-state index in [1.165, 1.54) is 0 Å². The zero-order valence-electron chi connectivity index (χ0n) is 15.0. The second kappa shape index (κ2) is 9.40. The van der Waals surface area contributed by atoms with Gasteiger partial charge in [-0.3, -0.25) is 20.3 Å². The highest BCUT2D eigenvalue weighted by Crippen LogP contribution is 2.13. The molecule has 0 bridgehead atoms. The Bertz CT molecular complexity index is 665. The summed E-state index contributed by atoms with van der Waals surface area (Å²) < 4.78 is 10.6. The number of nitrogens with two attached hydrogens (primary N) is 1. The summed E-state index contributed by atoms with van der Waals surface area (Å²) >= 11 is 0. The van der Waals surface area contributed by atoms with Crippen molar-refractivity contribution in [2.45, 2.75) is 32.8 Å². The zero-order chi connectivity index (χ0) is 19.7. The van der Waals surface area contributed by atoms with Crippen LogP contribution in [0.25, 0.3) is 0 Å². The summed E-state index contributed by atoms with van der Waals surface area (Å²) in [7, 11) is 0. The van der Waals surface area contributed by atoms with Gasteiger partial charge >= 0.3 is 17.9 Å². The van der Waals surface area contributed by atoms with Crippen molar-refractivity contribution in [3.63, 3.8) is 0 Å². The molecule has 9 heteroatoms. The summed E-state index contributed by atoms with van der Waals surface area (Å²) in [6, 6.07) is 6.57. The fraction of sp³-hybridized carbons (Fsp3) is 0.412. The van der Waals surface area contributed by atoms with Crippen molar-refractivity contribution in [3.05, 3.63) is 29.8 Å². The maximum Gasteiger partial charge on any atom is 0.413 e. The van der Waals surface area contributed by atoms with E-state index in [-0.39, 0.29) is 12.4 Å². The normalized spacial score (nSPS) is 10.6. The Kier molecular flexibility index (Phi) is 7.57. The van der Waals surface area contributed by atoms with Gasteiger partial charge in [-0.25, -0.2) is 4.79 Å². The molecule has 0 unspecified atom stereocenters. The van der Waals surface area contributed by atoms with Crippen molar-refractivity contribution >= 4 is 23.7 Å². The van der Waals surface area contributed by atoms with Gasteiger partial charge in [0.15, 0.2) is 0 Å². The Morgan fingerprint density at radius 1 is 1.15 bits per heavy atom. The number of ether oxygens (including phenoxy) is 2. The van der Waals surface area contributed by atoms with E-state index in [0.717, 1.165) is 0 Å². The van der Waals surface area contributed by atoms with Crippen LogP contribution in [0.5, 0.6) is 5.75 Å². The Morgan fingerprint density at radius 2 is 1.77 bits per heavy atom. The Morgan fingerprint density at radius 3 is 2.31 bits per heavy atom. The van der Waals surface area contributed by atoms with E-state index in [1.807, 2.05) is 0 Å². The van der Waals surface area contributed by atoms with Crippen LogP contribution in [0.15, 0.2) is 24.3 Å². The zero-order valence-corrected chi connectivity index (χ0v) is 15.0. The lowest BCUT2D eigenvalue weighted by Gasteiger charge is -2.19. The van der Waals surface area contributed by atoms with Crippen molar-refractivity contribution < 1.29 is 23.9 Å². The van der Waals surface area contributed by atoms with Gasteiger partial charge in [0.05, 0.1) is 6.61 Å². The van der Waals surface area contributed by atoms with E-state index in [1.54, 1.807) is 45.0 Å². The highest BCUT2D eigenvalue weighted by atomic mass is 16.6. The lowest BCUT2D eigenvalue weighted by molar-refractivity contribution is -0.137. The molecule has 0 spiro atoms. The summed E-state index contributed by atoms with van der Waals surface area (Å²) in [5.74, 6) is -1.37. The fourth-order valence-electron chi connectivity index (χ4n) is 1.75. The first-order valence-corrected chi connectivity index (χ1v) is 7.98. The van der Waals surface area contributed by atoms with E-state index in [9.17, 15) is 14.4 Å². The average Bonchev–Trinajstić information content (AvgIpc) is 2.52. The first-order valence-electron chi connectivity index (χ1n) is 7.98. The monoisotopic (exact) mass is 364 g/mol. The molecule has 0 aliphatic carbocycles. The van der Waals surface area contributed by atoms with Crippen molar-refractivity contribution in [2.24, 2.45) is 5.73 Å². The highest BCUT2D eigenvalue weighted by Gasteiger charge is 2.17. The molecule has 0 aromatic heterocycles. The summed E-state index contributed by atoms with van der Waals surface area (Å²) in [5, 5.41) is 12.6. The Balaban J connectivity index is 2.38. The van der Waals surface area contributed by atoms with Crippen molar-refractivity contribution in [3.8, 4) is 5.75 Å². The molecule has 0 saturated heterocycles. The molecule has 0 saturated carbocycles. The number of alkyl carbamates (subject to hydrolysis) is 1. The number of amides is 3. The summed E-state index contributed by atoms with van der Waals surface area (Å²) in [5.41, 5.74) is 4.66. The number of carbonyl (C=O) groups excluding carboxylic acids is 3. The van der Waals surface area contributed by atoms with Gasteiger partial charge in [0.25, 0.3) is 0 Å². The van der Waals surface area contributed by atoms with E-state index in [0.29, 0.717) is 24.3 Å². The molecule has 0 aliphatic rings. The lowest BCUT2D eigenvalue weighted by Crippen LogP contribution is -2.36. The molecule has 1 rings (SSSR count). The number of amidine groups is 1. The molecular formula is C17H24N4O5. The van der Waals surface area contributed by atoms with Crippen LogP contribution in [0.2, 0.25) is 0 Å². The third-order valence-corrected chi connectivity index (χ3v) is 2.87. The lowest BCUT2D eigenvalue weighted by atomic mass is 10.2. The molecule has 0 fully saturated rings. The van der Waals surface area contributed by atoms with Gasteiger partial charge in [0.2, 0.25) is 0 Å². The molecule has 3 amide bonds. The molecule has 0 radical (unpaired) electrons. The third kappa shape index (κ3) is 8.13. The van der Waals surface area contributed by atoms with E-state index in [2.05, 4.69) is 10.6 Å². The molecule has 1 aromatic rings. The molecule has 0 atom stereocenters. The summed E-state index contributed by atoms with van der Waals surface area (Å²) in [6.07, 6.45) is -0.197. The van der Waals surface area contributed by atoms with Gasteiger partial charge < -0.3 is 20.5 Å². The average molecular weight is 364 g/mol. The first-order chi connectivity index (χ1) is 12.1. The van der Waals surface area contributed by atoms with Crippen molar-refractivity contribution in [2.75, 3.05) is 13.2 Å². The number of rotatable bonds is 6. The fourth-order valence-corrected chi connectivity index (χ4v) is 1.75. The SMILES string of the molecule is CC(C)(C)OC(=O)NC(=N)c1ccc(OCCCNC(=O)C(N)=O)cc1. The van der Waals surface area contributed by atoms with E-state index < -0.39 is 23.5 Å². The molecule has 26 heavy (non-hydrogen) atoms. The first kappa shape index (κ1) is 20.9. The maximum absolute atomic E-state index is 11.6. The van der Waals surface area contributed by atoms with Crippen molar-refractivity contribution in [1.29, 1.82) is 5.41 Å². The molecule has 0 aliphatic heterocycles. The predicted octanol–water partition coefficient (Wildman–Crippen LogP) is 0.907. The molecule has 142 valence electrons. The van der Waals surface area contributed by atoms with Crippen LogP contribution in [0.4, 0.5) is 4.79 Å². The van der Waals surface area contributed by atoms with Gasteiger partial charge in [-0.05, 0) is 51.5 Å². The minimum atomic E-state index is -1.02. The number of nitrogens with one attached hydrogen (secondary N) is 3. The second-order valence-electron chi connectivity index (χ2n) is 6.35. The van der Waals surface area contributed by atoms with Gasteiger partial charge in [-0.2, -0.15) is 0 Å². The van der Waals surface area contributed by atoms with Gasteiger partial charge in [-0.15, -0.1) is 0 Å². The number of hydrogen-bond donors (Lipinski definition) is 4. The van der Waals surface area contributed by atoms with Crippen molar-refractivity contribution in [1.82, 2.24) is 10.6 Å². The number of carbonyl (C=O) groups is 3. The van der Waals surface area contributed by atoms with Crippen LogP contribution < -0.4 is 21.1 Å².